The van der Waals surface area contributed by atoms with Gasteiger partial charge in [0.15, 0.2) is 0 Å². The van der Waals surface area contributed by atoms with Gasteiger partial charge in [-0.1, -0.05) is 24.3 Å². The number of carbonyl (C=O) groups excluding carboxylic acids is 2. The van der Waals surface area contributed by atoms with Crippen LogP contribution < -0.4 is 10.2 Å². The van der Waals surface area contributed by atoms with Crippen LogP contribution in [0.1, 0.15) is 55.1 Å². The fraction of sp³-hybridized carbons (Fsp3) is 0.481. The fourth-order valence-corrected chi connectivity index (χ4v) is 4.60. The molecule has 6 nitrogen and oxygen atoms in total. The summed E-state index contributed by atoms with van der Waals surface area (Å²) in [7, 11) is 0. The lowest BCUT2D eigenvalue weighted by Gasteiger charge is -2.33. The van der Waals surface area contributed by atoms with Crippen LogP contribution in [-0.4, -0.2) is 48.7 Å². The van der Waals surface area contributed by atoms with Gasteiger partial charge in [0.25, 0.3) is 5.91 Å². The van der Waals surface area contributed by atoms with E-state index in [1.165, 1.54) is 11.1 Å². The molecule has 176 valence electrons. The predicted molar refractivity (Wildman–Crippen MR) is 131 cm³/mol. The lowest BCUT2D eigenvalue weighted by Crippen LogP contribution is -2.42. The Hall–Kier alpha value is -3.02. The van der Waals surface area contributed by atoms with E-state index in [4.69, 9.17) is 4.74 Å². The summed E-state index contributed by atoms with van der Waals surface area (Å²) in [5, 5.41) is 2.86. The summed E-state index contributed by atoms with van der Waals surface area (Å²) in [6.07, 6.45) is 2.44. The first kappa shape index (κ1) is 23.1. The summed E-state index contributed by atoms with van der Waals surface area (Å²) >= 11 is 0. The van der Waals surface area contributed by atoms with Crippen LogP contribution in [0.4, 0.5) is 10.5 Å². The number of piperidine rings is 1. The maximum atomic E-state index is 13.0. The van der Waals surface area contributed by atoms with Crippen molar-refractivity contribution in [2.45, 2.75) is 52.2 Å². The number of fused-ring (bicyclic) bond motifs is 1. The van der Waals surface area contributed by atoms with Crippen LogP contribution in [-0.2, 0) is 17.7 Å². The molecular formula is C27H35N3O3. The zero-order chi connectivity index (χ0) is 23.4. The van der Waals surface area contributed by atoms with Crippen molar-refractivity contribution in [2.75, 3.05) is 31.1 Å². The molecule has 2 heterocycles. The average Bonchev–Trinajstić information content (AvgIpc) is 2.81. The SMILES string of the molecule is CC(C)(C)OC(=O)NCC1CCN(C(=O)c2ccc(N3CCc4ccccc4C3)cc2)CC1. The van der Waals surface area contributed by atoms with E-state index in [-0.39, 0.29) is 12.0 Å². The monoisotopic (exact) mass is 449 g/mol. The molecule has 1 N–H and O–H groups in total. The Morgan fingerprint density at radius 1 is 0.970 bits per heavy atom. The van der Waals surface area contributed by atoms with Gasteiger partial charge in [-0.3, -0.25) is 4.79 Å². The van der Waals surface area contributed by atoms with Crippen molar-refractivity contribution >= 4 is 17.7 Å². The first-order valence-corrected chi connectivity index (χ1v) is 12.0. The Bertz CT molecular complexity index is 973. The third-order valence-corrected chi connectivity index (χ3v) is 6.45. The summed E-state index contributed by atoms with van der Waals surface area (Å²) in [5.74, 6) is 0.454. The zero-order valence-corrected chi connectivity index (χ0v) is 20.0. The topological polar surface area (TPSA) is 61.9 Å². The molecular weight excluding hydrogens is 414 g/mol. The van der Waals surface area contributed by atoms with Crippen LogP contribution in [0.5, 0.6) is 0 Å². The second kappa shape index (κ2) is 9.86. The minimum atomic E-state index is -0.492. The largest absolute Gasteiger partial charge is 0.444 e. The molecule has 0 aliphatic carbocycles. The van der Waals surface area contributed by atoms with E-state index in [1.54, 1.807) is 0 Å². The van der Waals surface area contributed by atoms with Crippen LogP contribution in [0.25, 0.3) is 0 Å². The molecule has 2 aromatic rings. The normalized spacial score (nSPS) is 16.8. The molecule has 1 saturated heterocycles. The minimum absolute atomic E-state index is 0.0871. The molecule has 33 heavy (non-hydrogen) atoms. The maximum Gasteiger partial charge on any atom is 0.407 e. The summed E-state index contributed by atoms with van der Waals surface area (Å²) < 4.78 is 5.30. The van der Waals surface area contributed by atoms with Crippen LogP contribution in [0.2, 0.25) is 0 Å². The van der Waals surface area contributed by atoms with Crippen molar-refractivity contribution in [3.05, 3.63) is 65.2 Å². The highest BCUT2D eigenvalue weighted by atomic mass is 16.6. The zero-order valence-electron chi connectivity index (χ0n) is 20.0. The Morgan fingerprint density at radius 2 is 1.64 bits per heavy atom. The number of hydrogen-bond acceptors (Lipinski definition) is 4. The van der Waals surface area contributed by atoms with Crippen molar-refractivity contribution in [1.82, 2.24) is 10.2 Å². The van der Waals surface area contributed by atoms with E-state index in [1.807, 2.05) is 37.8 Å². The molecule has 0 spiro atoms. The summed E-state index contributed by atoms with van der Waals surface area (Å²) in [4.78, 5) is 29.2. The first-order chi connectivity index (χ1) is 15.8. The Morgan fingerprint density at radius 3 is 2.30 bits per heavy atom. The quantitative estimate of drug-likeness (QED) is 0.740. The van der Waals surface area contributed by atoms with Crippen LogP contribution in [0.15, 0.2) is 48.5 Å². The number of hydrogen-bond donors (Lipinski definition) is 1. The highest BCUT2D eigenvalue weighted by Crippen LogP contribution is 2.25. The van der Waals surface area contributed by atoms with Gasteiger partial charge in [0.05, 0.1) is 0 Å². The van der Waals surface area contributed by atoms with Gasteiger partial charge in [0.1, 0.15) is 5.60 Å². The van der Waals surface area contributed by atoms with E-state index >= 15 is 0 Å². The van der Waals surface area contributed by atoms with E-state index < -0.39 is 5.60 Å². The van der Waals surface area contributed by atoms with E-state index in [9.17, 15) is 9.59 Å². The minimum Gasteiger partial charge on any atom is -0.444 e. The van der Waals surface area contributed by atoms with E-state index in [2.05, 4.69) is 46.6 Å². The first-order valence-electron chi connectivity index (χ1n) is 12.0. The molecule has 0 atom stereocenters. The molecule has 6 heteroatoms. The Balaban J connectivity index is 1.26. The summed E-state index contributed by atoms with van der Waals surface area (Å²) in [6, 6.07) is 16.7. The second-order valence-electron chi connectivity index (χ2n) is 10.1. The third kappa shape index (κ3) is 6.06. The number of benzene rings is 2. The fourth-order valence-electron chi connectivity index (χ4n) is 4.60. The molecule has 2 amide bonds. The van der Waals surface area contributed by atoms with Crippen LogP contribution in [0.3, 0.4) is 0 Å². The number of likely N-dealkylation sites (tertiary alicyclic amines) is 1. The van der Waals surface area contributed by atoms with Crippen LogP contribution >= 0.6 is 0 Å². The summed E-state index contributed by atoms with van der Waals surface area (Å²) in [6.45, 7) is 9.49. The highest BCUT2D eigenvalue weighted by molar-refractivity contribution is 5.94. The smallest absolute Gasteiger partial charge is 0.407 e. The Kier molecular flexibility index (Phi) is 6.91. The van der Waals surface area contributed by atoms with Crippen molar-refractivity contribution in [2.24, 2.45) is 5.92 Å². The number of anilines is 1. The van der Waals surface area contributed by atoms with Crippen LogP contribution in [0, 0.1) is 5.92 Å². The predicted octanol–water partition coefficient (Wildman–Crippen LogP) is 4.63. The Labute approximate surface area is 196 Å². The van der Waals surface area contributed by atoms with Gasteiger partial charge < -0.3 is 19.9 Å². The van der Waals surface area contributed by atoms with Gasteiger partial charge in [-0.25, -0.2) is 4.79 Å². The van der Waals surface area contributed by atoms with Gasteiger partial charge >= 0.3 is 6.09 Å². The second-order valence-corrected chi connectivity index (χ2v) is 10.1. The van der Waals surface area contributed by atoms with Gasteiger partial charge in [-0.15, -0.1) is 0 Å². The van der Waals surface area contributed by atoms with Gasteiger partial charge in [0.2, 0.25) is 0 Å². The number of ether oxygens (including phenoxy) is 1. The molecule has 2 aliphatic rings. The number of amides is 2. The van der Waals surface area contributed by atoms with E-state index in [0.29, 0.717) is 25.6 Å². The highest BCUT2D eigenvalue weighted by Gasteiger charge is 2.25. The molecule has 0 saturated carbocycles. The third-order valence-electron chi connectivity index (χ3n) is 6.45. The van der Waals surface area contributed by atoms with E-state index in [0.717, 1.165) is 43.6 Å². The number of carbonyl (C=O) groups is 2. The number of nitrogens with zero attached hydrogens (tertiary/aromatic N) is 2. The molecule has 4 rings (SSSR count). The molecule has 2 aromatic carbocycles. The number of nitrogens with one attached hydrogen (secondary N) is 1. The standard InChI is InChI=1S/C27H35N3O3/c1-27(2,3)33-26(32)28-18-20-12-15-29(16-13-20)25(31)22-8-10-24(11-9-22)30-17-14-21-6-4-5-7-23(21)19-30/h4-11,20H,12-19H2,1-3H3,(H,28,32). The molecule has 0 aromatic heterocycles. The number of rotatable bonds is 4. The molecule has 0 radical (unpaired) electrons. The summed E-state index contributed by atoms with van der Waals surface area (Å²) in [5.41, 5.74) is 4.22. The lowest BCUT2D eigenvalue weighted by atomic mass is 9.96. The molecule has 1 fully saturated rings. The lowest BCUT2D eigenvalue weighted by molar-refractivity contribution is 0.0500. The maximum absolute atomic E-state index is 13.0. The average molecular weight is 450 g/mol. The van der Waals surface area contributed by atoms with Gasteiger partial charge in [-0.05, 0) is 81.3 Å². The molecule has 0 bridgehead atoms. The van der Waals surface area contributed by atoms with Crippen molar-refractivity contribution in [1.29, 1.82) is 0 Å². The molecule has 2 aliphatic heterocycles. The van der Waals surface area contributed by atoms with Gasteiger partial charge in [-0.2, -0.15) is 0 Å². The molecule has 0 unspecified atom stereocenters. The van der Waals surface area contributed by atoms with Crippen molar-refractivity contribution in [3.8, 4) is 0 Å². The van der Waals surface area contributed by atoms with Gasteiger partial charge in [0, 0.05) is 44.0 Å². The number of alkyl carbamates (subject to hydrolysis) is 1. The van der Waals surface area contributed by atoms with Crippen molar-refractivity contribution in [3.63, 3.8) is 0 Å². The van der Waals surface area contributed by atoms with Crippen molar-refractivity contribution < 1.29 is 14.3 Å².